The first-order valence-corrected chi connectivity index (χ1v) is 11.4. The summed E-state index contributed by atoms with van der Waals surface area (Å²) in [5.41, 5.74) is -0.868. The van der Waals surface area contributed by atoms with E-state index in [-0.39, 0.29) is 16.9 Å². The van der Waals surface area contributed by atoms with E-state index in [1.165, 1.54) is 17.8 Å². The van der Waals surface area contributed by atoms with Crippen molar-refractivity contribution in [2.75, 3.05) is 6.61 Å². The normalized spacial score (nSPS) is 11.8. The third kappa shape index (κ3) is 9.52. The molecule has 0 saturated heterocycles. The number of rotatable bonds is 7. The molecule has 0 saturated carbocycles. The second-order valence-electron chi connectivity index (χ2n) is 6.63. The van der Waals surface area contributed by atoms with Gasteiger partial charge in [0.15, 0.2) is 0 Å². The number of hydrogen-bond donors (Lipinski definition) is 2. The van der Waals surface area contributed by atoms with Crippen molar-refractivity contribution >= 4 is 58.5 Å². The molecule has 0 aliphatic carbocycles. The lowest BCUT2D eigenvalue weighted by Gasteiger charge is -2.19. The summed E-state index contributed by atoms with van der Waals surface area (Å²) in [7, 11) is 0. The maximum absolute atomic E-state index is 13.2. The van der Waals surface area contributed by atoms with Crippen LogP contribution in [0.2, 0.25) is 15.1 Å². The van der Waals surface area contributed by atoms with Crippen LogP contribution in [-0.2, 0) is 22.3 Å². The van der Waals surface area contributed by atoms with Crippen molar-refractivity contribution in [1.82, 2.24) is 9.55 Å². The zero-order valence-corrected chi connectivity index (χ0v) is 20.5. The number of thioether (sulfide) groups is 1. The summed E-state index contributed by atoms with van der Waals surface area (Å²) in [6.45, 7) is 0.675. The fraction of sp³-hybridized carbons (Fsp3) is 0.190. The largest absolute Gasteiger partial charge is 0.491 e. The monoisotopic (exact) mass is 570 g/mol. The number of benzene rings is 2. The van der Waals surface area contributed by atoms with Crippen molar-refractivity contribution in [3.05, 3.63) is 75.8 Å². The number of imidazole rings is 1. The molecule has 0 amide bonds. The van der Waals surface area contributed by atoms with E-state index in [4.69, 9.17) is 59.3 Å². The first-order valence-electron chi connectivity index (χ1n) is 9.40. The summed E-state index contributed by atoms with van der Waals surface area (Å²) in [6, 6.07) is 8.70. The number of ether oxygens (including phenoxy) is 1. The summed E-state index contributed by atoms with van der Waals surface area (Å²) in [4.78, 5) is 22.6. The lowest BCUT2D eigenvalue weighted by molar-refractivity contribution is -0.159. The Hall–Kier alpha value is -2.60. The second kappa shape index (κ2) is 12.9. The lowest BCUT2D eigenvalue weighted by Crippen LogP contribution is -2.20. The number of carboxylic acid groups (broad SMARTS) is 2. The minimum atomic E-state index is -4.53. The van der Waals surface area contributed by atoms with Gasteiger partial charge in [-0.2, -0.15) is 13.2 Å². The third-order valence-electron chi connectivity index (χ3n) is 4.02. The van der Waals surface area contributed by atoms with Crippen LogP contribution < -0.4 is 4.74 Å². The van der Waals surface area contributed by atoms with Crippen LogP contribution in [-0.4, -0.2) is 43.6 Å². The average Bonchev–Trinajstić information content (AvgIpc) is 3.27. The molecule has 0 bridgehead atoms. The molecule has 3 aromatic rings. The summed E-state index contributed by atoms with van der Waals surface area (Å²) >= 11 is 19.0. The molecule has 1 atom stereocenters. The molecular weight excluding hydrogens is 556 g/mol. The Labute approximate surface area is 216 Å². The van der Waals surface area contributed by atoms with E-state index in [1.54, 1.807) is 43.0 Å². The summed E-state index contributed by atoms with van der Waals surface area (Å²) in [6.07, 6.45) is 0.501. The van der Waals surface area contributed by atoms with Crippen molar-refractivity contribution in [3.63, 3.8) is 0 Å². The lowest BCUT2D eigenvalue weighted by atomic mass is 10.2. The van der Waals surface area contributed by atoms with Crippen LogP contribution in [0.25, 0.3) is 0 Å². The van der Waals surface area contributed by atoms with Crippen molar-refractivity contribution < 1.29 is 37.7 Å². The summed E-state index contributed by atoms with van der Waals surface area (Å²) in [5, 5.41) is 15.1. The van der Waals surface area contributed by atoms with Crippen molar-refractivity contribution in [3.8, 4) is 5.75 Å². The Morgan fingerprint density at radius 1 is 1.06 bits per heavy atom. The number of alkyl halides is 3. The molecule has 1 heterocycles. The molecule has 35 heavy (non-hydrogen) atoms. The molecule has 2 N–H and O–H groups in total. The fourth-order valence-electron chi connectivity index (χ4n) is 2.52. The molecular formula is C21H16Cl3F3N2O5S. The zero-order chi connectivity index (χ0) is 26.2. The Morgan fingerprint density at radius 2 is 1.74 bits per heavy atom. The number of aliphatic carboxylic acids is 2. The van der Waals surface area contributed by atoms with Gasteiger partial charge in [0, 0.05) is 28.9 Å². The van der Waals surface area contributed by atoms with Crippen LogP contribution in [0.15, 0.2) is 60.0 Å². The van der Waals surface area contributed by atoms with Crippen molar-refractivity contribution in [2.45, 2.75) is 22.9 Å². The Balaban J connectivity index is 0.000000641. The van der Waals surface area contributed by atoms with Crippen molar-refractivity contribution in [1.29, 1.82) is 0 Å². The van der Waals surface area contributed by atoms with Gasteiger partial charge in [0.2, 0.25) is 0 Å². The standard InChI is InChI=1S/C19H14Cl3F3N2OS.C2H2O4/c20-12-1-4-18(17(22)7-12)28-10-14(9-27-6-5-26-11-27)29-13-2-3-16(21)15(8-13)19(23,24)25;3-1(4)2(5)6/h1-8,11,14H,9-10H2;(H,3,4)(H,5,6). The van der Waals surface area contributed by atoms with E-state index in [0.29, 0.717) is 27.2 Å². The first kappa shape index (κ1) is 28.6. The smallest absolute Gasteiger partial charge is 0.417 e. The van der Waals surface area contributed by atoms with E-state index in [1.807, 2.05) is 4.57 Å². The van der Waals surface area contributed by atoms with E-state index in [0.717, 1.165) is 6.07 Å². The van der Waals surface area contributed by atoms with Crippen LogP contribution in [0.1, 0.15) is 5.56 Å². The van der Waals surface area contributed by atoms with Gasteiger partial charge in [0.25, 0.3) is 0 Å². The summed E-state index contributed by atoms with van der Waals surface area (Å²) < 4.78 is 47.1. The highest BCUT2D eigenvalue weighted by molar-refractivity contribution is 8.00. The Morgan fingerprint density at radius 3 is 2.29 bits per heavy atom. The molecule has 0 aliphatic heterocycles. The molecule has 2 aromatic carbocycles. The predicted octanol–water partition coefficient (Wildman–Crippen LogP) is 6.26. The highest BCUT2D eigenvalue weighted by atomic mass is 35.5. The van der Waals surface area contributed by atoms with Gasteiger partial charge in [0.1, 0.15) is 12.4 Å². The molecule has 7 nitrogen and oxygen atoms in total. The van der Waals surface area contributed by atoms with Crippen LogP contribution in [0.4, 0.5) is 13.2 Å². The quantitative estimate of drug-likeness (QED) is 0.255. The highest BCUT2D eigenvalue weighted by Crippen LogP contribution is 2.38. The van der Waals surface area contributed by atoms with Gasteiger partial charge in [-0.05, 0) is 36.4 Å². The van der Waals surface area contributed by atoms with Crippen LogP contribution >= 0.6 is 46.6 Å². The second-order valence-corrected chi connectivity index (χ2v) is 9.26. The van der Waals surface area contributed by atoms with E-state index >= 15 is 0 Å². The van der Waals surface area contributed by atoms with Crippen LogP contribution in [0.3, 0.4) is 0 Å². The predicted molar refractivity (Wildman–Crippen MR) is 126 cm³/mol. The molecule has 0 fully saturated rings. The molecule has 0 aliphatic rings. The molecule has 1 unspecified atom stereocenters. The first-order chi connectivity index (χ1) is 16.4. The molecule has 1 aromatic heterocycles. The maximum atomic E-state index is 13.2. The maximum Gasteiger partial charge on any atom is 0.417 e. The molecule has 0 spiro atoms. The van der Waals surface area contributed by atoms with Gasteiger partial charge in [-0.3, -0.25) is 0 Å². The van der Waals surface area contributed by atoms with Gasteiger partial charge >= 0.3 is 18.1 Å². The molecule has 0 radical (unpaired) electrons. The number of carbonyl (C=O) groups is 2. The van der Waals surface area contributed by atoms with Gasteiger partial charge in [-0.15, -0.1) is 11.8 Å². The third-order valence-corrected chi connectivity index (χ3v) is 6.03. The minimum Gasteiger partial charge on any atom is -0.491 e. The van der Waals surface area contributed by atoms with Gasteiger partial charge in [-0.25, -0.2) is 14.6 Å². The topological polar surface area (TPSA) is 102 Å². The zero-order valence-electron chi connectivity index (χ0n) is 17.4. The average molecular weight is 572 g/mol. The minimum absolute atomic E-state index is 0.203. The van der Waals surface area contributed by atoms with Crippen LogP contribution in [0, 0.1) is 0 Å². The number of aromatic nitrogens is 2. The van der Waals surface area contributed by atoms with Gasteiger partial charge in [0.05, 0.1) is 27.2 Å². The van der Waals surface area contributed by atoms with Gasteiger partial charge < -0.3 is 19.5 Å². The molecule has 14 heteroatoms. The Bertz CT molecular complexity index is 1150. The molecule has 3 rings (SSSR count). The van der Waals surface area contributed by atoms with E-state index in [9.17, 15) is 13.2 Å². The van der Waals surface area contributed by atoms with E-state index < -0.39 is 23.7 Å². The summed E-state index contributed by atoms with van der Waals surface area (Å²) in [5.74, 6) is -3.20. The SMILES string of the molecule is FC(F)(F)c1cc(SC(COc2ccc(Cl)cc2Cl)Cn2ccnc2)ccc1Cl.O=C(O)C(=O)O. The number of hydrogen-bond acceptors (Lipinski definition) is 5. The van der Waals surface area contributed by atoms with Crippen molar-refractivity contribution in [2.24, 2.45) is 0 Å². The number of carboxylic acids is 2. The molecule has 188 valence electrons. The van der Waals surface area contributed by atoms with Crippen LogP contribution in [0.5, 0.6) is 5.75 Å². The fourth-order valence-corrected chi connectivity index (χ4v) is 4.30. The highest BCUT2D eigenvalue weighted by Gasteiger charge is 2.33. The number of halogens is 6. The number of nitrogens with zero attached hydrogens (tertiary/aromatic N) is 2. The van der Waals surface area contributed by atoms with E-state index in [2.05, 4.69) is 4.98 Å². The Kier molecular flexibility index (Phi) is 10.6. The van der Waals surface area contributed by atoms with Gasteiger partial charge in [-0.1, -0.05) is 34.8 Å².